The smallest absolute Gasteiger partial charge is 0.300 e. The first-order chi connectivity index (χ1) is 6.39. The molecule has 0 aliphatic carbocycles. The minimum atomic E-state index is -0.00606. The molecule has 0 amide bonds. The van der Waals surface area contributed by atoms with Gasteiger partial charge in [-0.1, -0.05) is 20.8 Å². The van der Waals surface area contributed by atoms with Gasteiger partial charge in [0.15, 0.2) is 0 Å². The highest BCUT2D eigenvalue weighted by atomic mass is 35.5. The Morgan fingerprint density at radius 2 is 2.20 bits per heavy atom. The molecule has 4 N–H and O–H groups in total. The quantitative estimate of drug-likeness (QED) is 0.598. The number of aromatic nitrogens is 1. The summed E-state index contributed by atoms with van der Waals surface area (Å²) in [6.45, 7) is 6.23. The average Bonchev–Trinajstić information content (AvgIpc) is 2.47. The number of hydrogen-bond acceptors (Lipinski definition) is 3. The predicted molar refractivity (Wildman–Crippen MR) is 64.9 cm³/mol. The van der Waals surface area contributed by atoms with Gasteiger partial charge in [-0.15, -0.1) is 12.4 Å². The summed E-state index contributed by atoms with van der Waals surface area (Å²) in [5, 5.41) is 5.65. The van der Waals surface area contributed by atoms with Gasteiger partial charge >= 0.3 is 0 Å². The largest absolute Gasteiger partial charge is 0.444 e. The third-order valence-corrected chi connectivity index (χ3v) is 2.38. The van der Waals surface area contributed by atoms with Gasteiger partial charge in [0.1, 0.15) is 5.76 Å². The van der Waals surface area contributed by atoms with Crippen LogP contribution in [0.4, 0.5) is 0 Å². The van der Waals surface area contributed by atoms with Crippen molar-refractivity contribution in [3.8, 4) is 0 Å². The number of hydrogen-bond donors (Lipinski definition) is 2. The third kappa shape index (κ3) is 4.57. The Bertz CT molecular complexity index is 332. The Hall–Kier alpha value is -0.680. The third-order valence-electron chi connectivity index (χ3n) is 1.66. The van der Waals surface area contributed by atoms with E-state index in [0.29, 0.717) is 16.8 Å². The van der Waals surface area contributed by atoms with Crippen molar-refractivity contribution in [3.05, 3.63) is 17.8 Å². The molecule has 0 saturated carbocycles. The van der Waals surface area contributed by atoms with Gasteiger partial charge in [-0.3, -0.25) is 11.1 Å². The molecule has 15 heavy (non-hydrogen) atoms. The van der Waals surface area contributed by atoms with E-state index in [1.54, 1.807) is 6.20 Å². The highest BCUT2D eigenvalue weighted by Gasteiger charge is 2.19. The van der Waals surface area contributed by atoms with Crippen LogP contribution in [-0.2, 0) is 11.2 Å². The maximum Gasteiger partial charge on any atom is 0.300 e. The Kier molecular flexibility index (Phi) is 5.17. The lowest BCUT2D eigenvalue weighted by Gasteiger charge is -2.12. The van der Waals surface area contributed by atoms with Crippen LogP contribution in [0.5, 0.6) is 0 Å². The molecule has 0 fully saturated rings. The second kappa shape index (κ2) is 5.42. The zero-order valence-corrected chi connectivity index (χ0v) is 10.7. The summed E-state index contributed by atoms with van der Waals surface area (Å²) in [5.74, 6) is 2.12. The molecular formula is C9H17ClN3OS+. The Labute approximate surface area is 99.9 Å². The van der Waals surface area contributed by atoms with Gasteiger partial charge in [-0.25, -0.2) is 4.98 Å². The molecule has 0 atom stereocenters. The Morgan fingerprint density at radius 1 is 1.60 bits per heavy atom. The summed E-state index contributed by atoms with van der Waals surface area (Å²) >= 11 is 1.32. The fourth-order valence-electron chi connectivity index (χ4n) is 0.869. The van der Waals surface area contributed by atoms with Crippen LogP contribution in [0.3, 0.4) is 0 Å². The van der Waals surface area contributed by atoms with Gasteiger partial charge in [0.05, 0.1) is 11.9 Å². The zero-order chi connectivity index (χ0) is 10.8. The number of thioether (sulfide) groups is 1. The van der Waals surface area contributed by atoms with Crippen LogP contribution in [0.2, 0.25) is 0 Å². The maximum absolute atomic E-state index is 5.54. The second-order valence-electron chi connectivity index (χ2n) is 4.06. The number of nitrogens with zero attached hydrogens (tertiary/aromatic N) is 1. The summed E-state index contributed by atoms with van der Waals surface area (Å²) < 4.78 is 5.54. The lowest BCUT2D eigenvalue weighted by atomic mass is 9.94. The Morgan fingerprint density at radius 3 is 2.60 bits per heavy atom. The number of oxazole rings is 1. The van der Waals surface area contributed by atoms with Crippen LogP contribution in [-0.4, -0.2) is 10.2 Å². The van der Waals surface area contributed by atoms with Crippen molar-refractivity contribution in [1.82, 2.24) is 4.98 Å². The molecule has 1 aromatic rings. The summed E-state index contributed by atoms with van der Waals surface area (Å²) in [7, 11) is 0. The van der Waals surface area contributed by atoms with Crippen molar-refractivity contribution in [2.24, 2.45) is 5.73 Å². The number of nitrogens with two attached hydrogens (primary N) is 2. The molecule has 0 spiro atoms. The Balaban J connectivity index is 0.00000196. The highest BCUT2D eigenvalue weighted by molar-refractivity contribution is 8.12. The van der Waals surface area contributed by atoms with Crippen molar-refractivity contribution in [2.75, 3.05) is 0 Å². The van der Waals surface area contributed by atoms with E-state index in [9.17, 15) is 0 Å². The molecule has 0 radical (unpaired) electrons. The molecule has 6 heteroatoms. The molecular weight excluding hydrogens is 234 g/mol. The van der Waals surface area contributed by atoms with Gasteiger partial charge < -0.3 is 4.42 Å². The molecule has 0 unspecified atom stereocenters. The van der Waals surface area contributed by atoms with E-state index in [4.69, 9.17) is 15.6 Å². The molecule has 1 rings (SSSR count). The van der Waals surface area contributed by atoms with E-state index in [2.05, 4.69) is 25.8 Å². The van der Waals surface area contributed by atoms with E-state index in [1.807, 2.05) is 0 Å². The number of amidine groups is 1. The van der Waals surface area contributed by atoms with Crippen molar-refractivity contribution in [3.63, 3.8) is 0 Å². The van der Waals surface area contributed by atoms with Crippen LogP contribution < -0.4 is 11.1 Å². The first-order valence-electron chi connectivity index (χ1n) is 4.35. The topological polar surface area (TPSA) is 77.6 Å². The standard InChI is InChI=1S/C9H15N3OS.ClH/c1-9(2,3)6-4-12-7(13-6)5-14-8(10)11;/h4H,5H2,1-3H3,(H3,10,11);1H/p+1. The van der Waals surface area contributed by atoms with Crippen LogP contribution in [0.25, 0.3) is 0 Å². The van der Waals surface area contributed by atoms with Crippen LogP contribution in [0, 0.1) is 0 Å². The second-order valence-corrected chi connectivity index (χ2v) is 5.11. The van der Waals surface area contributed by atoms with Gasteiger partial charge in [-0.2, -0.15) is 0 Å². The normalized spacial score (nSPS) is 10.9. The lowest BCUT2D eigenvalue weighted by molar-refractivity contribution is -0.110. The molecule has 0 aliphatic heterocycles. The molecule has 86 valence electrons. The first kappa shape index (κ1) is 14.3. The summed E-state index contributed by atoms with van der Waals surface area (Å²) in [4.78, 5) is 4.14. The molecule has 1 aromatic heterocycles. The molecule has 0 aromatic carbocycles. The lowest BCUT2D eigenvalue weighted by Crippen LogP contribution is -2.43. The van der Waals surface area contributed by atoms with E-state index >= 15 is 0 Å². The predicted octanol–water partition coefficient (Wildman–Crippen LogP) is 0.701. The molecule has 4 nitrogen and oxygen atoms in total. The van der Waals surface area contributed by atoms with Crippen molar-refractivity contribution in [1.29, 1.82) is 0 Å². The van der Waals surface area contributed by atoms with Gasteiger partial charge in [0, 0.05) is 5.41 Å². The van der Waals surface area contributed by atoms with Gasteiger partial charge in [0.25, 0.3) is 5.17 Å². The average molecular weight is 251 g/mol. The van der Waals surface area contributed by atoms with Crippen LogP contribution in [0.1, 0.15) is 32.4 Å². The van der Waals surface area contributed by atoms with E-state index < -0.39 is 0 Å². The fraction of sp³-hybridized carbons (Fsp3) is 0.556. The fourth-order valence-corrected chi connectivity index (χ4v) is 1.29. The van der Waals surface area contributed by atoms with E-state index in [-0.39, 0.29) is 17.8 Å². The van der Waals surface area contributed by atoms with Crippen LogP contribution in [0.15, 0.2) is 10.6 Å². The summed E-state index contributed by atoms with van der Waals surface area (Å²) in [6, 6.07) is 0. The first-order valence-corrected chi connectivity index (χ1v) is 5.34. The summed E-state index contributed by atoms with van der Waals surface area (Å²) in [5.41, 5.74) is 5.31. The van der Waals surface area contributed by atoms with Crippen molar-refractivity contribution < 1.29 is 9.83 Å². The maximum atomic E-state index is 5.54. The van der Waals surface area contributed by atoms with E-state index in [0.717, 1.165) is 5.76 Å². The monoisotopic (exact) mass is 250 g/mol. The SMILES string of the molecule is CC(C)(C)c1cnc(CSC(N)=[NH2+])o1.Cl. The van der Waals surface area contributed by atoms with E-state index in [1.165, 1.54) is 11.8 Å². The number of halogens is 1. The highest BCUT2D eigenvalue weighted by Crippen LogP contribution is 2.23. The molecule has 0 saturated heterocycles. The molecule has 0 bridgehead atoms. The van der Waals surface area contributed by atoms with Gasteiger partial charge in [0.2, 0.25) is 5.89 Å². The summed E-state index contributed by atoms with van der Waals surface area (Å²) in [6.07, 6.45) is 1.75. The van der Waals surface area contributed by atoms with Gasteiger partial charge in [-0.05, 0) is 11.8 Å². The minimum Gasteiger partial charge on any atom is -0.444 e. The zero-order valence-electron chi connectivity index (χ0n) is 9.11. The van der Waals surface area contributed by atoms with Crippen molar-refractivity contribution >= 4 is 29.3 Å². The van der Waals surface area contributed by atoms with Crippen molar-refractivity contribution in [2.45, 2.75) is 31.9 Å². The minimum absolute atomic E-state index is 0. The molecule has 0 aliphatic rings. The molecule has 1 heterocycles. The number of rotatable bonds is 2. The van der Waals surface area contributed by atoms with Crippen LogP contribution >= 0.6 is 24.2 Å².